The van der Waals surface area contributed by atoms with Gasteiger partial charge in [0.1, 0.15) is 29.0 Å². The van der Waals surface area contributed by atoms with Gasteiger partial charge in [-0.05, 0) is 36.4 Å². The fourth-order valence-electron chi connectivity index (χ4n) is 1.74. The number of thioether (sulfide) groups is 1. The van der Waals surface area contributed by atoms with Gasteiger partial charge >= 0.3 is 0 Å². The Morgan fingerprint density at radius 2 is 1.96 bits per heavy atom. The van der Waals surface area contributed by atoms with Crippen molar-refractivity contribution in [1.29, 1.82) is 5.26 Å². The average Bonchev–Trinajstić information content (AvgIpc) is 2.98. The molecular weight excluding hydrogens is 327 g/mol. The number of rotatable bonds is 6. The zero-order valence-corrected chi connectivity index (χ0v) is 12.4. The number of hydrogen-bond acceptors (Lipinski definition) is 4. The van der Waals surface area contributed by atoms with Crippen molar-refractivity contribution >= 4 is 23.6 Å². The summed E-state index contributed by atoms with van der Waals surface area (Å²) in [4.78, 5) is 12.2. The number of allylic oxidation sites excluding steroid dienone is 1. The van der Waals surface area contributed by atoms with Crippen molar-refractivity contribution in [1.82, 2.24) is 0 Å². The Morgan fingerprint density at radius 1 is 1.26 bits per heavy atom. The van der Waals surface area contributed by atoms with Crippen molar-refractivity contribution in [2.45, 2.75) is 11.5 Å². The third-order valence-corrected chi connectivity index (χ3v) is 3.50. The number of carbonyl (C=O) groups is 1. The predicted octanol–water partition coefficient (Wildman–Crippen LogP) is 4.66. The zero-order valence-electron chi connectivity index (χ0n) is 11.6. The van der Waals surface area contributed by atoms with E-state index in [-0.39, 0.29) is 22.6 Å². The minimum absolute atomic E-state index is 0.0146. The van der Waals surface area contributed by atoms with Crippen LogP contribution in [0, 0.1) is 17.1 Å². The maximum absolute atomic E-state index is 12.9. The lowest BCUT2D eigenvalue weighted by atomic mass is 10.0. The molecule has 1 heterocycles. The number of benzene rings is 1. The SMILES string of the molecule is N#C/C(=C\c1ccc(CSC(F)F)o1)C(=O)c1ccc(F)cc1. The van der Waals surface area contributed by atoms with Crippen molar-refractivity contribution in [2.75, 3.05) is 0 Å². The second-order valence-electron chi connectivity index (χ2n) is 4.38. The zero-order chi connectivity index (χ0) is 16.8. The molecule has 0 aliphatic rings. The highest BCUT2D eigenvalue weighted by Crippen LogP contribution is 2.22. The van der Waals surface area contributed by atoms with Gasteiger partial charge in [-0.1, -0.05) is 11.8 Å². The van der Waals surface area contributed by atoms with Crippen molar-refractivity contribution in [3.05, 3.63) is 64.9 Å². The van der Waals surface area contributed by atoms with Crippen LogP contribution in [-0.4, -0.2) is 11.5 Å². The number of Topliss-reactive ketones (excluding diaryl/α,β-unsaturated/α-hetero) is 1. The van der Waals surface area contributed by atoms with E-state index in [0.29, 0.717) is 17.5 Å². The molecule has 0 bridgehead atoms. The van der Waals surface area contributed by atoms with Gasteiger partial charge < -0.3 is 4.42 Å². The summed E-state index contributed by atoms with van der Waals surface area (Å²) in [6, 6.07) is 9.52. The summed E-state index contributed by atoms with van der Waals surface area (Å²) in [7, 11) is 0. The third kappa shape index (κ3) is 4.76. The molecule has 2 aromatic rings. The average molecular weight is 337 g/mol. The minimum atomic E-state index is -2.51. The van der Waals surface area contributed by atoms with E-state index in [9.17, 15) is 18.0 Å². The summed E-state index contributed by atoms with van der Waals surface area (Å²) in [5.41, 5.74) is -0.0294. The molecule has 0 amide bonds. The Hall–Kier alpha value is -2.46. The normalized spacial score (nSPS) is 11.5. The van der Waals surface area contributed by atoms with E-state index in [1.54, 1.807) is 6.07 Å². The maximum Gasteiger partial charge on any atom is 0.284 e. The highest BCUT2D eigenvalue weighted by Gasteiger charge is 2.13. The molecule has 0 aliphatic carbocycles. The van der Waals surface area contributed by atoms with E-state index in [2.05, 4.69) is 0 Å². The lowest BCUT2D eigenvalue weighted by Crippen LogP contribution is -2.01. The van der Waals surface area contributed by atoms with Crippen molar-refractivity contribution in [3.63, 3.8) is 0 Å². The Balaban J connectivity index is 2.17. The molecule has 1 aromatic heterocycles. The maximum atomic E-state index is 12.9. The topological polar surface area (TPSA) is 54.0 Å². The first kappa shape index (κ1) is 16.9. The van der Waals surface area contributed by atoms with Crippen LogP contribution in [0.1, 0.15) is 21.9 Å². The van der Waals surface area contributed by atoms with Crippen LogP contribution in [0.2, 0.25) is 0 Å². The van der Waals surface area contributed by atoms with Gasteiger partial charge in [-0.25, -0.2) is 4.39 Å². The first-order valence-corrected chi connectivity index (χ1v) is 7.45. The van der Waals surface area contributed by atoms with Crippen molar-refractivity contribution in [3.8, 4) is 6.07 Å². The molecule has 0 aliphatic heterocycles. The van der Waals surface area contributed by atoms with Gasteiger partial charge in [0.15, 0.2) is 0 Å². The van der Waals surface area contributed by atoms with E-state index < -0.39 is 17.4 Å². The van der Waals surface area contributed by atoms with Gasteiger partial charge in [0, 0.05) is 11.6 Å². The van der Waals surface area contributed by atoms with E-state index in [4.69, 9.17) is 9.68 Å². The minimum Gasteiger partial charge on any atom is -0.461 e. The number of furan rings is 1. The number of nitriles is 1. The van der Waals surface area contributed by atoms with Crippen LogP contribution in [0.25, 0.3) is 6.08 Å². The largest absolute Gasteiger partial charge is 0.461 e. The second kappa shape index (κ2) is 7.70. The fraction of sp³-hybridized carbons (Fsp3) is 0.125. The number of carbonyl (C=O) groups excluding carboxylic acids is 1. The molecule has 0 radical (unpaired) electrons. The van der Waals surface area contributed by atoms with Gasteiger partial charge in [0.05, 0.1) is 5.75 Å². The van der Waals surface area contributed by atoms with Crippen LogP contribution < -0.4 is 0 Å². The highest BCUT2D eigenvalue weighted by molar-refractivity contribution is 7.98. The third-order valence-electron chi connectivity index (χ3n) is 2.79. The molecule has 0 unspecified atom stereocenters. The van der Waals surface area contributed by atoms with Crippen LogP contribution in [0.15, 0.2) is 46.4 Å². The first-order valence-electron chi connectivity index (χ1n) is 6.40. The molecule has 0 atom stereocenters. The number of nitrogens with zero attached hydrogens (tertiary/aromatic N) is 1. The summed E-state index contributed by atoms with van der Waals surface area (Å²) in [5.74, 6) is -3.06. The first-order chi connectivity index (χ1) is 11.0. The molecule has 0 spiro atoms. The molecule has 0 saturated heterocycles. The number of hydrogen-bond donors (Lipinski definition) is 0. The molecule has 7 heteroatoms. The molecule has 1 aromatic carbocycles. The summed E-state index contributed by atoms with van der Waals surface area (Å²) in [6.07, 6.45) is 1.22. The van der Waals surface area contributed by atoms with E-state index in [0.717, 1.165) is 12.1 Å². The van der Waals surface area contributed by atoms with Crippen LogP contribution >= 0.6 is 11.8 Å². The summed E-state index contributed by atoms with van der Waals surface area (Å²) >= 11 is 0.412. The standard InChI is InChI=1S/C16H10F3NO2S/c17-12-3-1-10(2-4-12)15(21)11(8-20)7-13-5-6-14(22-13)9-23-16(18)19/h1-7,16H,9H2/b11-7+. The van der Waals surface area contributed by atoms with Gasteiger partial charge in [-0.3, -0.25) is 4.79 Å². The van der Waals surface area contributed by atoms with Crippen LogP contribution in [0.5, 0.6) is 0 Å². The van der Waals surface area contributed by atoms with E-state index >= 15 is 0 Å². The fourth-order valence-corrected chi connectivity index (χ4v) is 2.19. The quantitative estimate of drug-likeness (QED) is 0.437. The lowest BCUT2D eigenvalue weighted by Gasteiger charge is -1.99. The van der Waals surface area contributed by atoms with Crippen LogP contribution in [-0.2, 0) is 5.75 Å². The Kier molecular flexibility index (Phi) is 5.66. The molecule has 0 saturated carbocycles. The molecular formula is C16H10F3NO2S. The van der Waals surface area contributed by atoms with Crippen molar-refractivity contribution in [2.24, 2.45) is 0 Å². The van der Waals surface area contributed by atoms with Gasteiger partial charge in [-0.15, -0.1) is 0 Å². The number of ketones is 1. The molecule has 3 nitrogen and oxygen atoms in total. The van der Waals surface area contributed by atoms with Gasteiger partial charge in [0.25, 0.3) is 5.76 Å². The monoisotopic (exact) mass is 337 g/mol. The molecule has 118 valence electrons. The highest BCUT2D eigenvalue weighted by atomic mass is 32.2. The summed E-state index contributed by atoms with van der Waals surface area (Å²) < 4.78 is 42.3. The van der Waals surface area contributed by atoms with Gasteiger partial charge in [0.2, 0.25) is 5.78 Å². The smallest absolute Gasteiger partial charge is 0.284 e. The Labute approximate surface area is 134 Å². The van der Waals surface area contributed by atoms with Crippen LogP contribution in [0.4, 0.5) is 13.2 Å². The van der Waals surface area contributed by atoms with Gasteiger partial charge in [-0.2, -0.15) is 14.0 Å². The van der Waals surface area contributed by atoms with E-state index in [1.807, 2.05) is 0 Å². The lowest BCUT2D eigenvalue weighted by molar-refractivity contribution is 0.104. The molecule has 2 rings (SSSR count). The summed E-state index contributed by atoms with van der Waals surface area (Å²) in [6.45, 7) is 0. The second-order valence-corrected chi connectivity index (χ2v) is 5.36. The predicted molar refractivity (Wildman–Crippen MR) is 80.3 cm³/mol. The van der Waals surface area contributed by atoms with E-state index in [1.165, 1.54) is 30.3 Å². The number of alkyl halides is 2. The van der Waals surface area contributed by atoms with Crippen LogP contribution in [0.3, 0.4) is 0 Å². The molecule has 0 N–H and O–H groups in total. The number of halogens is 3. The summed E-state index contributed by atoms with van der Waals surface area (Å²) in [5, 5.41) is 9.10. The molecule has 0 fully saturated rings. The molecule has 23 heavy (non-hydrogen) atoms. The van der Waals surface area contributed by atoms with Crippen molar-refractivity contribution < 1.29 is 22.4 Å². The Morgan fingerprint density at radius 3 is 2.57 bits per heavy atom. The Bertz CT molecular complexity index is 760.